The number of hydrogen-bond donors (Lipinski definition) is 1. The molecule has 1 amide bonds. The number of carbonyl (C=O) groups is 1. The van der Waals surface area contributed by atoms with Gasteiger partial charge in [0.1, 0.15) is 11.6 Å². The van der Waals surface area contributed by atoms with Crippen molar-refractivity contribution in [3.05, 3.63) is 53.7 Å². The van der Waals surface area contributed by atoms with E-state index in [2.05, 4.69) is 10.3 Å². The maximum atomic E-state index is 11.8. The van der Waals surface area contributed by atoms with Gasteiger partial charge >= 0.3 is 0 Å². The Morgan fingerprint density at radius 3 is 2.65 bits per heavy atom. The Morgan fingerprint density at radius 1 is 1.25 bits per heavy atom. The first-order valence-electron chi connectivity index (χ1n) is 6.53. The van der Waals surface area contributed by atoms with E-state index >= 15 is 0 Å². The highest BCUT2D eigenvalue weighted by Gasteiger charge is 2.04. The molecule has 104 valence electrons. The quantitative estimate of drug-likeness (QED) is 0.908. The number of amides is 1. The van der Waals surface area contributed by atoms with Gasteiger partial charge in [0.15, 0.2) is 0 Å². The van der Waals surface area contributed by atoms with Crippen LogP contribution in [-0.4, -0.2) is 18.0 Å². The summed E-state index contributed by atoms with van der Waals surface area (Å²) in [5, 5.41) is 2.80. The summed E-state index contributed by atoms with van der Waals surface area (Å²) >= 11 is 0. The normalized spacial score (nSPS) is 10.1. The average Bonchev–Trinajstić information content (AvgIpc) is 2.46. The lowest BCUT2D eigenvalue weighted by Crippen LogP contribution is -2.13. The molecule has 0 aliphatic carbocycles. The summed E-state index contributed by atoms with van der Waals surface area (Å²) in [4.78, 5) is 16.0. The third-order valence-corrected chi connectivity index (χ3v) is 2.98. The second-order valence-electron chi connectivity index (χ2n) is 4.61. The number of ether oxygens (including phenoxy) is 1. The Hall–Kier alpha value is -2.36. The molecule has 0 fully saturated rings. The second-order valence-corrected chi connectivity index (χ2v) is 4.61. The van der Waals surface area contributed by atoms with Gasteiger partial charge in [0.25, 0.3) is 0 Å². The minimum absolute atomic E-state index is 0.0288. The summed E-state index contributed by atoms with van der Waals surface area (Å²) in [5.41, 5.74) is 2.18. The summed E-state index contributed by atoms with van der Waals surface area (Å²) in [6, 6.07) is 11.5. The van der Waals surface area contributed by atoms with Gasteiger partial charge in [-0.05, 0) is 48.7 Å². The van der Waals surface area contributed by atoms with E-state index in [1.54, 1.807) is 13.3 Å². The molecule has 0 saturated heterocycles. The van der Waals surface area contributed by atoms with Crippen LogP contribution >= 0.6 is 0 Å². The van der Waals surface area contributed by atoms with Crippen LogP contribution in [0.5, 0.6) is 5.75 Å². The molecule has 0 saturated carbocycles. The molecule has 4 heteroatoms. The number of nitrogens with one attached hydrogen (secondary N) is 1. The number of nitrogens with zero attached hydrogens (tertiary/aromatic N) is 1. The molecular formula is C16H18N2O2. The zero-order valence-corrected chi connectivity index (χ0v) is 11.7. The van der Waals surface area contributed by atoms with Crippen LogP contribution in [-0.2, 0) is 11.2 Å². The molecule has 1 N–H and O–H groups in total. The Balaban J connectivity index is 1.85. The van der Waals surface area contributed by atoms with E-state index in [4.69, 9.17) is 4.74 Å². The molecule has 2 rings (SSSR count). The van der Waals surface area contributed by atoms with Gasteiger partial charge in [0.05, 0.1) is 7.11 Å². The Bertz CT molecular complexity index is 579. The highest BCUT2D eigenvalue weighted by molar-refractivity contribution is 5.89. The number of carbonyl (C=O) groups excluding carboxylic acids is 1. The van der Waals surface area contributed by atoms with Crippen molar-refractivity contribution >= 4 is 11.7 Å². The number of aryl methyl sites for hydroxylation is 2. The zero-order chi connectivity index (χ0) is 14.4. The fourth-order valence-corrected chi connectivity index (χ4v) is 1.86. The SMILES string of the molecule is COc1ccc(CCC(=O)Nc2cc(C)ccn2)cc1. The van der Waals surface area contributed by atoms with Crippen LogP contribution in [0, 0.1) is 6.92 Å². The third kappa shape index (κ3) is 4.09. The van der Waals surface area contributed by atoms with Gasteiger partial charge in [-0.1, -0.05) is 12.1 Å². The molecular weight excluding hydrogens is 252 g/mol. The van der Waals surface area contributed by atoms with Crippen LogP contribution in [0.25, 0.3) is 0 Å². The summed E-state index contributed by atoms with van der Waals surface area (Å²) in [6.45, 7) is 1.97. The number of aromatic nitrogens is 1. The van der Waals surface area contributed by atoms with Crippen LogP contribution < -0.4 is 10.1 Å². The van der Waals surface area contributed by atoms with Crippen LogP contribution in [0.1, 0.15) is 17.5 Å². The molecule has 0 bridgehead atoms. The number of benzene rings is 1. The van der Waals surface area contributed by atoms with Crippen LogP contribution in [0.2, 0.25) is 0 Å². The Morgan fingerprint density at radius 2 is 2.00 bits per heavy atom. The minimum Gasteiger partial charge on any atom is -0.497 e. The first kappa shape index (κ1) is 14.1. The van der Waals surface area contributed by atoms with Gasteiger partial charge in [-0.15, -0.1) is 0 Å². The number of anilines is 1. The summed E-state index contributed by atoms with van der Waals surface area (Å²) in [7, 11) is 1.64. The maximum Gasteiger partial charge on any atom is 0.225 e. The fraction of sp³-hybridized carbons (Fsp3) is 0.250. The molecule has 0 unspecified atom stereocenters. The lowest BCUT2D eigenvalue weighted by molar-refractivity contribution is -0.116. The molecule has 1 aromatic carbocycles. The summed E-state index contributed by atoms with van der Waals surface area (Å²) < 4.78 is 5.10. The van der Waals surface area contributed by atoms with Gasteiger partial charge in [-0.2, -0.15) is 0 Å². The van der Waals surface area contributed by atoms with Crippen LogP contribution in [0.15, 0.2) is 42.6 Å². The van der Waals surface area contributed by atoms with Crippen molar-refractivity contribution in [3.63, 3.8) is 0 Å². The summed E-state index contributed by atoms with van der Waals surface area (Å²) in [6.07, 6.45) is 2.82. The number of methoxy groups -OCH3 is 1. The van der Waals surface area contributed by atoms with Gasteiger partial charge in [-0.3, -0.25) is 4.79 Å². The summed E-state index contributed by atoms with van der Waals surface area (Å²) in [5.74, 6) is 1.39. The van der Waals surface area contributed by atoms with Crippen molar-refractivity contribution in [1.82, 2.24) is 4.98 Å². The first-order chi connectivity index (χ1) is 9.67. The Labute approximate surface area is 118 Å². The van der Waals surface area contributed by atoms with Crippen molar-refractivity contribution in [3.8, 4) is 5.75 Å². The van der Waals surface area contributed by atoms with Gasteiger partial charge in [0, 0.05) is 12.6 Å². The molecule has 0 radical (unpaired) electrons. The van der Waals surface area contributed by atoms with Crippen molar-refractivity contribution in [2.24, 2.45) is 0 Å². The van der Waals surface area contributed by atoms with E-state index in [0.29, 0.717) is 18.7 Å². The Kier molecular flexibility index (Phi) is 4.71. The molecule has 0 spiro atoms. The zero-order valence-electron chi connectivity index (χ0n) is 11.7. The van der Waals surface area contributed by atoms with Crippen molar-refractivity contribution in [2.75, 3.05) is 12.4 Å². The van der Waals surface area contributed by atoms with Crippen molar-refractivity contribution in [2.45, 2.75) is 19.8 Å². The molecule has 1 heterocycles. The van der Waals surface area contributed by atoms with E-state index < -0.39 is 0 Å². The molecule has 0 atom stereocenters. The monoisotopic (exact) mass is 270 g/mol. The van der Waals surface area contributed by atoms with Crippen LogP contribution in [0.4, 0.5) is 5.82 Å². The molecule has 0 aliphatic rings. The van der Waals surface area contributed by atoms with E-state index in [1.165, 1.54) is 0 Å². The molecule has 4 nitrogen and oxygen atoms in total. The number of rotatable bonds is 5. The topological polar surface area (TPSA) is 51.2 Å². The van der Waals surface area contributed by atoms with Gasteiger partial charge in [-0.25, -0.2) is 4.98 Å². The predicted octanol–water partition coefficient (Wildman–Crippen LogP) is 2.97. The minimum atomic E-state index is -0.0288. The van der Waals surface area contributed by atoms with Gasteiger partial charge in [0.2, 0.25) is 5.91 Å². The maximum absolute atomic E-state index is 11.8. The smallest absolute Gasteiger partial charge is 0.225 e. The predicted molar refractivity (Wildman–Crippen MR) is 78.9 cm³/mol. The molecule has 0 aliphatic heterocycles. The standard InChI is InChI=1S/C16H18N2O2/c1-12-9-10-17-15(11-12)18-16(19)8-5-13-3-6-14(20-2)7-4-13/h3-4,6-7,9-11H,5,8H2,1-2H3,(H,17,18,19). The first-order valence-corrected chi connectivity index (χ1v) is 6.53. The second kappa shape index (κ2) is 6.70. The van der Waals surface area contributed by atoms with E-state index in [9.17, 15) is 4.79 Å². The highest BCUT2D eigenvalue weighted by Crippen LogP contribution is 2.13. The molecule has 2 aromatic rings. The number of hydrogen-bond acceptors (Lipinski definition) is 3. The largest absolute Gasteiger partial charge is 0.497 e. The lowest BCUT2D eigenvalue weighted by atomic mass is 10.1. The average molecular weight is 270 g/mol. The third-order valence-electron chi connectivity index (χ3n) is 2.98. The molecule has 20 heavy (non-hydrogen) atoms. The number of pyridine rings is 1. The van der Waals surface area contributed by atoms with E-state index in [-0.39, 0.29) is 5.91 Å². The van der Waals surface area contributed by atoms with Gasteiger partial charge < -0.3 is 10.1 Å². The molecule has 1 aromatic heterocycles. The van der Waals surface area contributed by atoms with Crippen LogP contribution in [0.3, 0.4) is 0 Å². The van der Waals surface area contributed by atoms with Crippen molar-refractivity contribution < 1.29 is 9.53 Å². The van der Waals surface area contributed by atoms with Crippen molar-refractivity contribution in [1.29, 1.82) is 0 Å². The highest BCUT2D eigenvalue weighted by atomic mass is 16.5. The fourth-order valence-electron chi connectivity index (χ4n) is 1.86. The van der Waals surface area contributed by atoms with E-state index in [0.717, 1.165) is 16.9 Å². The lowest BCUT2D eigenvalue weighted by Gasteiger charge is -2.06. The van der Waals surface area contributed by atoms with E-state index in [1.807, 2.05) is 43.3 Å².